The van der Waals surface area contributed by atoms with E-state index in [-0.39, 0.29) is 5.78 Å². The topological polar surface area (TPSA) is 44.1 Å². The van der Waals surface area contributed by atoms with Gasteiger partial charge in [-0.15, -0.1) is 0 Å². The molecule has 4 rings (SSSR count). The maximum atomic E-state index is 12.5. The molecule has 3 aromatic carbocycles. The van der Waals surface area contributed by atoms with Crippen LogP contribution < -0.4 is 4.74 Å². The SMILES string of the molecule is COc1ccc(-c2nn(-c3ccccc3)cc2C=CC(=O)c2ccccc2)cc1Br. The van der Waals surface area contributed by atoms with Crippen LogP contribution >= 0.6 is 15.9 Å². The van der Waals surface area contributed by atoms with Crippen molar-refractivity contribution in [2.45, 2.75) is 0 Å². The number of aromatic nitrogens is 2. The molecule has 0 fully saturated rings. The number of hydrogen-bond acceptors (Lipinski definition) is 3. The summed E-state index contributed by atoms with van der Waals surface area (Å²) in [4.78, 5) is 12.5. The Hall–Kier alpha value is -3.44. The summed E-state index contributed by atoms with van der Waals surface area (Å²) in [5.41, 5.74) is 4.14. The molecule has 4 nitrogen and oxygen atoms in total. The molecule has 0 spiro atoms. The van der Waals surface area contributed by atoms with Gasteiger partial charge in [-0.25, -0.2) is 4.68 Å². The van der Waals surface area contributed by atoms with Gasteiger partial charge in [-0.3, -0.25) is 4.79 Å². The monoisotopic (exact) mass is 458 g/mol. The lowest BCUT2D eigenvalue weighted by Crippen LogP contribution is -1.94. The van der Waals surface area contributed by atoms with E-state index in [1.165, 1.54) is 0 Å². The van der Waals surface area contributed by atoms with Gasteiger partial charge in [-0.05, 0) is 58.4 Å². The van der Waals surface area contributed by atoms with Crippen molar-refractivity contribution in [3.63, 3.8) is 0 Å². The molecule has 4 aromatic rings. The molecule has 0 amide bonds. The van der Waals surface area contributed by atoms with Gasteiger partial charge in [0.2, 0.25) is 0 Å². The van der Waals surface area contributed by atoms with Crippen molar-refractivity contribution in [2.24, 2.45) is 0 Å². The molecule has 148 valence electrons. The molecule has 0 atom stereocenters. The number of ketones is 1. The largest absolute Gasteiger partial charge is 0.496 e. The fraction of sp³-hybridized carbons (Fsp3) is 0.0400. The second kappa shape index (κ2) is 8.93. The highest BCUT2D eigenvalue weighted by atomic mass is 79.9. The highest BCUT2D eigenvalue weighted by Gasteiger charge is 2.13. The van der Waals surface area contributed by atoms with Gasteiger partial charge in [0.1, 0.15) is 5.75 Å². The summed E-state index contributed by atoms with van der Waals surface area (Å²) in [6, 6.07) is 24.9. The van der Waals surface area contributed by atoms with Gasteiger partial charge in [0, 0.05) is 22.9 Å². The molecule has 0 unspecified atom stereocenters. The number of benzene rings is 3. The summed E-state index contributed by atoms with van der Waals surface area (Å²) in [7, 11) is 1.63. The quantitative estimate of drug-likeness (QED) is 0.255. The highest BCUT2D eigenvalue weighted by molar-refractivity contribution is 9.10. The lowest BCUT2D eigenvalue weighted by atomic mass is 10.1. The number of halogens is 1. The summed E-state index contributed by atoms with van der Waals surface area (Å²) in [5, 5.41) is 4.79. The molecule has 0 aliphatic rings. The minimum absolute atomic E-state index is 0.0510. The van der Waals surface area contributed by atoms with Gasteiger partial charge in [0.05, 0.1) is 23.0 Å². The second-order valence-electron chi connectivity index (χ2n) is 6.63. The number of nitrogens with zero attached hydrogens (tertiary/aromatic N) is 2. The van der Waals surface area contributed by atoms with Crippen LogP contribution in [0.3, 0.4) is 0 Å². The molecule has 0 saturated carbocycles. The number of para-hydroxylation sites is 1. The zero-order valence-electron chi connectivity index (χ0n) is 16.3. The summed E-state index contributed by atoms with van der Waals surface area (Å²) in [5.74, 6) is 0.697. The van der Waals surface area contributed by atoms with Crippen molar-refractivity contribution in [2.75, 3.05) is 7.11 Å². The minimum atomic E-state index is -0.0510. The maximum Gasteiger partial charge on any atom is 0.185 e. The zero-order valence-corrected chi connectivity index (χ0v) is 17.9. The van der Waals surface area contributed by atoms with Crippen molar-refractivity contribution in [3.8, 4) is 22.7 Å². The fourth-order valence-electron chi connectivity index (χ4n) is 3.12. The van der Waals surface area contributed by atoms with E-state index < -0.39 is 0 Å². The van der Waals surface area contributed by atoms with Gasteiger partial charge >= 0.3 is 0 Å². The van der Waals surface area contributed by atoms with Crippen molar-refractivity contribution < 1.29 is 9.53 Å². The fourth-order valence-corrected chi connectivity index (χ4v) is 3.67. The predicted octanol–water partition coefficient (Wildman–Crippen LogP) is 6.21. The van der Waals surface area contributed by atoms with Crippen molar-refractivity contribution >= 4 is 27.8 Å². The van der Waals surface area contributed by atoms with E-state index >= 15 is 0 Å². The van der Waals surface area contributed by atoms with Gasteiger partial charge in [-0.2, -0.15) is 5.10 Å². The first-order valence-electron chi connectivity index (χ1n) is 9.42. The van der Waals surface area contributed by atoms with Crippen molar-refractivity contribution in [1.82, 2.24) is 9.78 Å². The Bertz CT molecular complexity index is 1200. The molecule has 1 heterocycles. The Morgan fingerprint density at radius 3 is 2.37 bits per heavy atom. The average molecular weight is 459 g/mol. The van der Waals surface area contributed by atoms with Crippen LogP contribution in [0.2, 0.25) is 0 Å². The van der Waals surface area contributed by atoms with Gasteiger partial charge in [-0.1, -0.05) is 48.5 Å². The summed E-state index contributed by atoms with van der Waals surface area (Å²) in [6.45, 7) is 0. The Kier molecular flexibility index (Phi) is 5.91. The first-order valence-corrected chi connectivity index (χ1v) is 10.2. The average Bonchev–Trinajstić information content (AvgIpc) is 3.23. The number of carbonyl (C=O) groups excluding carboxylic acids is 1. The molecular weight excluding hydrogens is 440 g/mol. The number of carbonyl (C=O) groups is 1. The van der Waals surface area contributed by atoms with Crippen molar-refractivity contribution in [1.29, 1.82) is 0 Å². The van der Waals surface area contributed by atoms with E-state index in [2.05, 4.69) is 15.9 Å². The predicted molar refractivity (Wildman–Crippen MR) is 123 cm³/mol. The Morgan fingerprint density at radius 2 is 1.70 bits per heavy atom. The number of allylic oxidation sites excluding steroid dienone is 1. The zero-order chi connectivity index (χ0) is 20.9. The van der Waals surface area contributed by atoms with E-state index in [1.54, 1.807) is 13.2 Å². The molecule has 0 radical (unpaired) electrons. The molecule has 0 N–H and O–H groups in total. The Morgan fingerprint density at radius 1 is 1.00 bits per heavy atom. The maximum absolute atomic E-state index is 12.5. The van der Waals surface area contributed by atoms with Crippen LogP contribution in [0, 0.1) is 0 Å². The lowest BCUT2D eigenvalue weighted by molar-refractivity contribution is 0.104. The third kappa shape index (κ3) is 4.26. The van der Waals surface area contributed by atoms with E-state index in [1.807, 2.05) is 95.8 Å². The molecule has 0 saturated heterocycles. The molecule has 0 aliphatic carbocycles. The van der Waals surface area contributed by atoms with E-state index in [4.69, 9.17) is 9.84 Å². The van der Waals surface area contributed by atoms with Crippen LogP contribution in [0.15, 0.2) is 95.6 Å². The number of hydrogen-bond donors (Lipinski definition) is 0. The van der Waals surface area contributed by atoms with Crippen LogP contribution in [0.1, 0.15) is 15.9 Å². The summed E-state index contributed by atoms with van der Waals surface area (Å²) in [6.07, 6.45) is 5.33. The smallest absolute Gasteiger partial charge is 0.185 e. The summed E-state index contributed by atoms with van der Waals surface area (Å²) >= 11 is 3.54. The Labute approximate surface area is 183 Å². The standard InChI is InChI=1S/C25H19BrN2O2/c1-30-24-15-13-19(16-22(24)26)25-20(12-14-23(29)18-8-4-2-5-9-18)17-28(27-25)21-10-6-3-7-11-21/h2-17H,1H3. The van der Waals surface area contributed by atoms with Gasteiger partial charge in [0.25, 0.3) is 0 Å². The highest BCUT2D eigenvalue weighted by Crippen LogP contribution is 2.32. The van der Waals surface area contributed by atoms with Gasteiger partial charge < -0.3 is 4.74 Å². The minimum Gasteiger partial charge on any atom is -0.496 e. The molecule has 0 aliphatic heterocycles. The third-order valence-corrected chi connectivity index (χ3v) is 5.28. The number of ether oxygens (including phenoxy) is 1. The second-order valence-corrected chi connectivity index (χ2v) is 7.48. The van der Waals surface area contributed by atoms with Gasteiger partial charge in [0.15, 0.2) is 5.78 Å². The summed E-state index contributed by atoms with van der Waals surface area (Å²) < 4.78 is 8.00. The van der Waals surface area contributed by atoms with E-state index in [0.717, 1.165) is 32.7 Å². The molecule has 0 bridgehead atoms. The molecular formula is C25H19BrN2O2. The van der Waals surface area contributed by atoms with E-state index in [0.29, 0.717) is 5.56 Å². The third-order valence-electron chi connectivity index (χ3n) is 4.66. The van der Waals surface area contributed by atoms with Crippen LogP contribution in [-0.2, 0) is 0 Å². The van der Waals surface area contributed by atoms with Crippen LogP contribution in [0.5, 0.6) is 5.75 Å². The lowest BCUT2D eigenvalue weighted by Gasteiger charge is -2.05. The van der Waals surface area contributed by atoms with E-state index in [9.17, 15) is 4.79 Å². The first kappa shape index (κ1) is 19.9. The number of rotatable bonds is 6. The Balaban J connectivity index is 1.76. The normalized spacial score (nSPS) is 11.0. The first-order chi connectivity index (χ1) is 14.7. The molecule has 30 heavy (non-hydrogen) atoms. The van der Waals surface area contributed by atoms with Crippen LogP contribution in [0.25, 0.3) is 23.0 Å². The van der Waals surface area contributed by atoms with Crippen LogP contribution in [-0.4, -0.2) is 22.7 Å². The number of methoxy groups -OCH3 is 1. The van der Waals surface area contributed by atoms with Crippen molar-refractivity contribution in [3.05, 3.63) is 107 Å². The van der Waals surface area contributed by atoms with Crippen LogP contribution in [0.4, 0.5) is 0 Å². The molecule has 1 aromatic heterocycles. The molecule has 5 heteroatoms.